The third kappa shape index (κ3) is 1.89. The van der Waals surface area contributed by atoms with Crippen LogP contribution < -0.4 is 4.90 Å². The standard InChI is InChI=1S/C12H16N4S2/c1-8(2)16-11(13-14-12(16)17)15-5-3-10-9(7-15)4-6-18-10/h4,6,8H,3,5,7H2,1-2H3,(H,14,17). The lowest BCUT2D eigenvalue weighted by atomic mass is 10.1. The summed E-state index contributed by atoms with van der Waals surface area (Å²) in [4.78, 5) is 3.82. The van der Waals surface area contributed by atoms with E-state index in [2.05, 4.69) is 45.0 Å². The van der Waals surface area contributed by atoms with E-state index in [1.165, 1.54) is 10.4 Å². The highest BCUT2D eigenvalue weighted by Gasteiger charge is 2.22. The fourth-order valence-electron chi connectivity index (χ4n) is 2.40. The number of nitrogens with one attached hydrogen (secondary N) is 1. The van der Waals surface area contributed by atoms with Gasteiger partial charge in [0.05, 0.1) is 0 Å². The lowest BCUT2D eigenvalue weighted by molar-refractivity contribution is 0.571. The van der Waals surface area contributed by atoms with Gasteiger partial charge >= 0.3 is 0 Å². The Bertz CT molecular complexity index is 608. The maximum absolute atomic E-state index is 5.30. The first-order valence-corrected chi connectivity index (χ1v) is 7.42. The molecule has 2 aromatic heterocycles. The topological polar surface area (TPSA) is 36.9 Å². The molecule has 4 nitrogen and oxygen atoms in total. The molecule has 1 N–H and O–H groups in total. The van der Waals surface area contributed by atoms with E-state index in [1.54, 1.807) is 0 Å². The second-order valence-corrected chi connectivity index (χ2v) is 6.22. The van der Waals surface area contributed by atoms with Crippen LogP contribution in [0.25, 0.3) is 0 Å². The summed E-state index contributed by atoms with van der Waals surface area (Å²) in [5.74, 6) is 0.965. The molecule has 0 amide bonds. The number of nitrogens with zero attached hydrogens (tertiary/aromatic N) is 3. The Hall–Kier alpha value is -1.14. The average molecular weight is 280 g/mol. The van der Waals surface area contributed by atoms with Crippen LogP contribution in [0.2, 0.25) is 0 Å². The summed E-state index contributed by atoms with van der Waals surface area (Å²) in [6.45, 7) is 6.22. The van der Waals surface area contributed by atoms with E-state index in [4.69, 9.17) is 12.2 Å². The average Bonchev–Trinajstić information content (AvgIpc) is 2.93. The van der Waals surface area contributed by atoms with Gasteiger partial charge in [-0.05, 0) is 49.5 Å². The molecule has 0 spiro atoms. The first kappa shape index (κ1) is 11.9. The molecule has 1 aliphatic rings. The van der Waals surface area contributed by atoms with Crippen LogP contribution in [0.4, 0.5) is 5.95 Å². The molecule has 3 heterocycles. The summed E-state index contributed by atoms with van der Waals surface area (Å²) in [6.07, 6.45) is 1.10. The predicted molar refractivity (Wildman–Crippen MR) is 76.9 cm³/mol. The Kier molecular flexibility index (Phi) is 2.99. The van der Waals surface area contributed by atoms with Crippen molar-refractivity contribution >= 4 is 29.5 Å². The minimum absolute atomic E-state index is 0.329. The third-order valence-corrected chi connectivity index (χ3v) is 4.60. The van der Waals surface area contributed by atoms with Gasteiger partial charge in [-0.25, -0.2) is 5.10 Å². The molecule has 0 saturated heterocycles. The van der Waals surface area contributed by atoms with Crippen molar-refractivity contribution in [1.29, 1.82) is 0 Å². The number of aromatic nitrogens is 3. The van der Waals surface area contributed by atoms with Crippen LogP contribution in [-0.2, 0) is 13.0 Å². The zero-order chi connectivity index (χ0) is 12.7. The lowest BCUT2D eigenvalue weighted by Gasteiger charge is -2.28. The van der Waals surface area contributed by atoms with Gasteiger partial charge in [-0.2, -0.15) is 0 Å². The van der Waals surface area contributed by atoms with E-state index in [0.717, 1.165) is 25.5 Å². The SMILES string of the molecule is CC(C)n1c(N2CCc3sccc3C2)n[nH]c1=S. The van der Waals surface area contributed by atoms with Crippen molar-refractivity contribution in [3.63, 3.8) is 0 Å². The predicted octanol–water partition coefficient (Wildman–Crippen LogP) is 3.15. The van der Waals surface area contributed by atoms with Gasteiger partial charge < -0.3 is 4.90 Å². The van der Waals surface area contributed by atoms with Crippen molar-refractivity contribution in [2.75, 3.05) is 11.4 Å². The van der Waals surface area contributed by atoms with E-state index in [0.29, 0.717) is 10.8 Å². The molecule has 6 heteroatoms. The monoisotopic (exact) mass is 280 g/mol. The van der Waals surface area contributed by atoms with Gasteiger partial charge in [-0.15, -0.1) is 16.4 Å². The number of H-pyrrole nitrogens is 1. The van der Waals surface area contributed by atoms with Gasteiger partial charge in [-0.3, -0.25) is 4.57 Å². The molecule has 2 aromatic rings. The fourth-order valence-corrected chi connectivity index (χ4v) is 3.63. The molecule has 18 heavy (non-hydrogen) atoms. The summed E-state index contributed by atoms with van der Waals surface area (Å²) in [5.41, 5.74) is 1.43. The van der Waals surface area contributed by atoms with Crippen molar-refractivity contribution in [2.24, 2.45) is 0 Å². The molecule has 0 aromatic carbocycles. The zero-order valence-electron chi connectivity index (χ0n) is 10.5. The van der Waals surface area contributed by atoms with Crippen LogP contribution in [0.3, 0.4) is 0 Å². The molecule has 3 rings (SSSR count). The largest absolute Gasteiger partial charge is 0.336 e. The number of rotatable bonds is 2. The maximum atomic E-state index is 5.30. The highest BCUT2D eigenvalue weighted by atomic mass is 32.1. The summed E-state index contributed by atoms with van der Waals surface area (Å²) in [7, 11) is 0. The van der Waals surface area contributed by atoms with Crippen LogP contribution in [-0.4, -0.2) is 21.3 Å². The van der Waals surface area contributed by atoms with Crippen LogP contribution in [0.1, 0.15) is 30.3 Å². The summed E-state index contributed by atoms with van der Waals surface area (Å²) < 4.78 is 2.79. The summed E-state index contributed by atoms with van der Waals surface area (Å²) in [6, 6.07) is 2.54. The fraction of sp³-hybridized carbons (Fsp3) is 0.500. The van der Waals surface area contributed by atoms with E-state index < -0.39 is 0 Å². The van der Waals surface area contributed by atoms with Gasteiger partial charge in [0.25, 0.3) is 0 Å². The van der Waals surface area contributed by atoms with Crippen molar-refractivity contribution in [3.8, 4) is 0 Å². The molecule has 0 radical (unpaired) electrons. The molecule has 1 aliphatic heterocycles. The zero-order valence-corrected chi connectivity index (χ0v) is 12.1. The van der Waals surface area contributed by atoms with E-state index in [1.807, 2.05) is 11.3 Å². The van der Waals surface area contributed by atoms with Crippen molar-refractivity contribution in [1.82, 2.24) is 14.8 Å². The van der Waals surface area contributed by atoms with E-state index >= 15 is 0 Å². The molecule has 0 fully saturated rings. The normalized spacial score (nSPS) is 15.2. The highest BCUT2D eigenvalue weighted by Crippen LogP contribution is 2.27. The number of hydrogen-bond acceptors (Lipinski definition) is 4. The second kappa shape index (κ2) is 4.51. The molecular formula is C12H16N4S2. The van der Waals surface area contributed by atoms with Crippen molar-refractivity contribution < 1.29 is 0 Å². The maximum Gasteiger partial charge on any atom is 0.226 e. The summed E-state index contributed by atoms with van der Waals surface area (Å²) >= 11 is 7.16. The molecule has 0 atom stereocenters. The first-order valence-electron chi connectivity index (χ1n) is 6.14. The lowest BCUT2D eigenvalue weighted by Crippen LogP contribution is -2.32. The molecule has 0 saturated carbocycles. The van der Waals surface area contributed by atoms with E-state index in [-0.39, 0.29) is 0 Å². The van der Waals surface area contributed by atoms with Gasteiger partial charge in [0.1, 0.15) is 0 Å². The minimum Gasteiger partial charge on any atom is -0.336 e. The Balaban J connectivity index is 1.96. The Morgan fingerprint density at radius 3 is 3.11 bits per heavy atom. The molecule has 0 aliphatic carbocycles. The number of thiophene rings is 1. The Morgan fingerprint density at radius 2 is 2.33 bits per heavy atom. The van der Waals surface area contributed by atoms with Gasteiger partial charge in [0, 0.05) is 24.0 Å². The van der Waals surface area contributed by atoms with Gasteiger partial charge in [0.2, 0.25) is 5.95 Å². The Labute approximate surface area is 115 Å². The summed E-state index contributed by atoms with van der Waals surface area (Å²) in [5, 5.41) is 9.48. The Morgan fingerprint density at radius 1 is 1.50 bits per heavy atom. The molecule has 96 valence electrons. The first-order chi connectivity index (χ1) is 8.66. The van der Waals surface area contributed by atoms with Crippen LogP contribution in [0.15, 0.2) is 11.4 Å². The molecular weight excluding hydrogens is 264 g/mol. The highest BCUT2D eigenvalue weighted by molar-refractivity contribution is 7.71. The number of anilines is 1. The molecule has 0 bridgehead atoms. The number of hydrogen-bond donors (Lipinski definition) is 1. The molecule has 0 unspecified atom stereocenters. The number of aromatic amines is 1. The minimum atomic E-state index is 0.329. The second-order valence-electron chi connectivity index (χ2n) is 4.83. The van der Waals surface area contributed by atoms with E-state index in [9.17, 15) is 0 Å². The van der Waals surface area contributed by atoms with Crippen LogP contribution in [0.5, 0.6) is 0 Å². The van der Waals surface area contributed by atoms with Gasteiger partial charge in [0.15, 0.2) is 4.77 Å². The van der Waals surface area contributed by atoms with Crippen molar-refractivity contribution in [2.45, 2.75) is 32.9 Å². The van der Waals surface area contributed by atoms with Gasteiger partial charge in [-0.1, -0.05) is 0 Å². The third-order valence-electron chi connectivity index (χ3n) is 3.29. The number of fused-ring (bicyclic) bond motifs is 1. The van der Waals surface area contributed by atoms with Crippen LogP contribution in [0, 0.1) is 4.77 Å². The van der Waals surface area contributed by atoms with Crippen molar-refractivity contribution in [3.05, 3.63) is 26.7 Å². The smallest absolute Gasteiger partial charge is 0.226 e. The quantitative estimate of drug-likeness (QED) is 0.859. The van der Waals surface area contributed by atoms with Crippen LogP contribution >= 0.6 is 23.6 Å².